The van der Waals surface area contributed by atoms with Crippen molar-refractivity contribution >= 4 is 11.6 Å². The molecule has 21 heavy (non-hydrogen) atoms. The summed E-state index contributed by atoms with van der Waals surface area (Å²) >= 11 is 0. The van der Waals surface area contributed by atoms with Crippen LogP contribution in [0.25, 0.3) is 0 Å². The second-order valence-corrected chi connectivity index (χ2v) is 5.86. The van der Waals surface area contributed by atoms with Gasteiger partial charge in [-0.3, -0.25) is 9.78 Å². The molecule has 1 aromatic heterocycles. The maximum atomic E-state index is 12.3. The molecule has 4 nitrogen and oxygen atoms in total. The van der Waals surface area contributed by atoms with E-state index in [0.717, 1.165) is 37.3 Å². The number of pyridine rings is 1. The molecule has 4 heteroatoms. The number of rotatable bonds is 6. The molecular formula is C17H27N3O. The fourth-order valence-corrected chi connectivity index (χ4v) is 3.03. The number of carbonyl (C=O) groups excluding carboxylic acids is 1. The molecule has 1 atom stereocenters. The third kappa shape index (κ3) is 4.73. The SMILES string of the molecule is CCCC1CCC(=O)N(Cc2cc(NCC)ccn2)CC1. The summed E-state index contributed by atoms with van der Waals surface area (Å²) < 4.78 is 0. The summed E-state index contributed by atoms with van der Waals surface area (Å²) in [6.07, 6.45) is 7.15. The Kier molecular flexibility index (Phi) is 6.03. The lowest BCUT2D eigenvalue weighted by Gasteiger charge is -2.20. The van der Waals surface area contributed by atoms with Crippen LogP contribution in [0.1, 0.15) is 51.6 Å². The molecule has 1 saturated heterocycles. The number of likely N-dealkylation sites (tertiary alicyclic amines) is 1. The van der Waals surface area contributed by atoms with Crippen LogP contribution in [0.4, 0.5) is 5.69 Å². The molecule has 0 aromatic carbocycles. The van der Waals surface area contributed by atoms with E-state index in [4.69, 9.17) is 0 Å². The average molecular weight is 289 g/mol. The third-order valence-electron chi connectivity index (χ3n) is 4.17. The Morgan fingerprint density at radius 2 is 2.24 bits per heavy atom. The summed E-state index contributed by atoms with van der Waals surface area (Å²) in [6.45, 7) is 6.70. The van der Waals surface area contributed by atoms with Crippen LogP contribution in [0.5, 0.6) is 0 Å². The van der Waals surface area contributed by atoms with Gasteiger partial charge < -0.3 is 10.2 Å². The first kappa shape index (κ1) is 15.8. The summed E-state index contributed by atoms with van der Waals surface area (Å²) in [4.78, 5) is 18.6. The number of hydrogen-bond donors (Lipinski definition) is 1. The molecule has 1 aliphatic rings. The normalized spacial score (nSPS) is 19.4. The fourth-order valence-electron chi connectivity index (χ4n) is 3.03. The molecule has 0 bridgehead atoms. The Bertz CT molecular complexity index is 461. The van der Waals surface area contributed by atoms with Crippen molar-refractivity contribution < 1.29 is 4.79 Å². The molecule has 0 radical (unpaired) electrons. The Morgan fingerprint density at radius 3 is 3.00 bits per heavy atom. The summed E-state index contributed by atoms with van der Waals surface area (Å²) in [7, 11) is 0. The number of hydrogen-bond acceptors (Lipinski definition) is 3. The molecule has 116 valence electrons. The molecule has 1 N–H and O–H groups in total. The standard InChI is InChI=1S/C17H27N3O/c1-3-5-14-6-7-17(21)20(11-9-14)13-16-12-15(18-4-2)8-10-19-16/h8,10,12,14H,3-7,9,11,13H2,1-2H3,(H,18,19). The van der Waals surface area contributed by atoms with Gasteiger partial charge in [0.1, 0.15) is 0 Å². The Morgan fingerprint density at radius 1 is 1.38 bits per heavy atom. The van der Waals surface area contributed by atoms with Crippen molar-refractivity contribution in [3.63, 3.8) is 0 Å². The zero-order chi connectivity index (χ0) is 15.1. The van der Waals surface area contributed by atoms with Crippen LogP contribution in [0.3, 0.4) is 0 Å². The molecule has 1 unspecified atom stereocenters. The molecule has 2 heterocycles. The Hall–Kier alpha value is -1.58. The molecule has 0 spiro atoms. The predicted octanol–water partition coefficient (Wildman–Crippen LogP) is 3.44. The minimum absolute atomic E-state index is 0.282. The molecule has 1 aliphatic heterocycles. The summed E-state index contributed by atoms with van der Waals surface area (Å²) in [5.41, 5.74) is 2.05. The van der Waals surface area contributed by atoms with Crippen molar-refractivity contribution in [2.24, 2.45) is 5.92 Å². The van der Waals surface area contributed by atoms with E-state index in [9.17, 15) is 4.79 Å². The fraction of sp³-hybridized carbons (Fsp3) is 0.647. The van der Waals surface area contributed by atoms with Crippen molar-refractivity contribution in [3.05, 3.63) is 24.0 Å². The highest BCUT2D eigenvalue weighted by molar-refractivity contribution is 5.76. The lowest BCUT2D eigenvalue weighted by atomic mass is 9.96. The number of carbonyl (C=O) groups is 1. The Labute approximate surface area is 127 Å². The van der Waals surface area contributed by atoms with Gasteiger partial charge in [0.05, 0.1) is 12.2 Å². The number of anilines is 1. The summed E-state index contributed by atoms with van der Waals surface area (Å²) in [5.74, 6) is 0.995. The number of nitrogens with zero attached hydrogens (tertiary/aromatic N) is 2. The first-order valence-electron chi connectivity index (χ1n) is 8.19. The molecule has 0 aliphatic carbocycles. The van der Waals surface area contributed by atoms with E-state index in [2.05, 4.69) is 24.1 Å². The van der Waals surface area contributed by atoms with Crippen molar-refractivity contribution in [3.8, 4) is 0 Å². The largest absolute Gasteiger partial charge is 0.385 e. The first-order valence-corrected chi connectivity index (χ1v) is 8.19. The Balaban J connectivity index is 1.97. The van der Waals surface area contributed by atoms with Gasteiger partial charge in [-0.25, -0.2) is 0 Å². The highest BCUT2D eigenvalue weighted by Gasteiger charge is 2.22. The minimum Gasteiger partial charge on any atom is -0.385 e. The quantitative estimate of drug-likeness (QED) is 0.872. The van der Waals surface area contributed by atoms with Crippen molar-refractivity contribution in [2.45, 2.75) is 52.5 Å². The van der Waals surface area contributed by atoms with E-state index in [1.807, 2.05) is 23.2 Å². The topological polar surface area (TPSA) is 45.2 Å². The minimum atomic E-state index is 0.282. The van der Waals surface area contributed by atoms with Gasteiger partial charge in [-0.1, -0.05) is 19.8 Å². The molecular weight excluding hydrogens is 262 g/mol. The van der Waals surface area contributed by atoms with Gasteiger partial charge in [-0.2, -0.15) is 0 Å². The van der Waals surface area contributed by atoms with Gasteiger partial charge in [0.2, 0.25) is 5.91 Å². The van der Waals surface area contributed by atoms with Gasteiger partial charge in [-0.15, -0.1) is 0 Å². The maximum absolute atomic E-state index is 12.3. The van der Waals surface area contributed by atoms with Crippen LogP contribution >= 0.6 is 0 Å². The zero-order valence-corrected chi connectivity index (χ0v) is 13.3. The van der Waals surface area contributed by atoms with E-state index < -0.39 is 0 Å². The highest BCUT2D eigenvalue weighted by atomic mass is 16.2. The number of aromatic nitrogens is 1. The van der Waals surface area contributed by atoms with Crippen molar-refractivity contribution in [1.29, 1.82) is 0 Å². The van der Waals surface area contributed by atoms with Crippen LogP contribution < -0.4 is 5.32 Å². The van der Waals surface area contributed by atoms with Gasteiger partial charge >= 0.3 is 0 Å². The monoisotopic (exact) mass is 289 g/mol. The summed E-state index contributed by atoms with van der Waals surface area (Å²) in [5, 5.41) is 3.29. The first-order chi connectivity index (χ1) is 10.2. The molecule has 1 amide bonds. The van der Waals surface area contributed by atoms with Gasteiger partial charge in [0, 0.05) is 31.4 Å². The molecule has 1 aromatic rings. The van der Waals surface area contributed by atoms with Gasteiger partial charge in [0.25, 0.3) is 0 Å². The van der Waals surface area contributed by atoms with E-state index in [1.54, 1.807) is 0 Å². The van der Waals surface area contributed by atoms with Crippen LogP contribution in [0.15, 0.2) is 18.3 Å². The molecule has 0 saturated carbocycles. The van der Waals surface area contributed by atoms with E-state index in [1.165, 1.54) is 12.8 Å². The van der Waals surface area contributed by atoms with Crippen molar-refractivity contribution in [1.82, 2.24) is 9.88 Å². The maximum Gasteiger partial charge on any atom is 0.222 e. The number of amides is 1. The zero-order valence-electron chi connectivity index (χ0n) is 13.3. The second kappa shape index (κ2) is 8.01. The lowest BCUT2D eigenvalue weighted by molar-refractivity contribution is -0.131. The average Bonchev–Trinajstić information content (AvgIpc) is 2.64. The van der Waals surface area contributed by atoms with Crippen LogP contribution in [-0.4, -0.2) is 28.9 Å². The smallest absolute Gasteiger partial charge is 0.222 e. The second-order valence-electron chi connectivity index (χ2n) is 5.86. The lowest BCUT2D eigenvalue weighted by Crippen LogP contribution is -2.30. The van der Waals surface area contributed by atoms with E-state index in [0.29, 0.717) is 18.9 Å². The highest BCUT2D eigenvalue weighted by Crippen LogP contribution is 2.23. The van der Waals surface area contributed by atoms with Gasteiger partial charge in [0.15, 0.2) is 0 Å². The van der Waals surface area contributed by atoms with E-state index >= 15 is 0 Å². The van der Waals surface area contributed by atoms with Crippen molar-refractivity contribution in [2.75, 3.05) is 18.4 Å². The summed E-state index contributed by atoms with van der Waals surface area (Å²) in [6, 6.07) is 4.01. The van der Waals surface area contributed by atoms with Crippen LogP contribution in [-0.2, 0) is 11.3 Å². The predicted molar refractivity (Wildman–Crippen MR) is 86.1 cm³/mol. The molecule has 1 fully saturated rings. The molecule has 2 rings (SSSR count). The number of nitrogens with one attached hydrogen (secondary N) is 1. The van der Waals surface area contributed by atoms with E-state index in [-0.39, 0.29) is 5.91 Å². The van der Waals surface area contributed by atoms with Crippen LogP contribution in [0, 0.1) is 5.92 Å². The van der Waals surface area contributed by atoms with Crippen LogP contribution in [0.2, 0.25) is 0 Å². The van der Waals surface area contributed by atoms with Gasteiger partial charge in [-0.05, 0) is 37.8 Å². The third-order valence-corrected chi connectivity index (χ3v) is 4.17.